The normalized spacial score (nSPS) is 41.2. The SMILES string of the molecule is CC(C)[C@@H](C)C=C[C@@H](C)[C@H]1CC[C@H]2C3=CC=C4C[C@@H](OC(=O)NCCN[C@@H]5[C@H](O)[C@H](O[C@H]6C=CC=CC=CC=CC=CC=CC=C[C@H](C)[C@@H](O)[C@@H](C)[C@H](C)OC(=O)C[C@H](O)C[C@H](O)CC[C@@H](O)[C@H](O)C[C@H](O)C[C@]7(O)C[C@H](O)[C@@H](C(=O)O)[C@H](C6)O7)O[C@H](C)[C@H]5O)CC[C@]4(C)[C@H]3CC[C@]12C. The number of carboxylic acid groups (broad SMARTS) is 1. The molecule has 21 heteroatoms. The van der Waals surface area contributed by atoms with Crippen molar-refractivity contribution in [2.75, 3.05) is 13.1 Å². The molecule has 7 rings (SSSR count). The maximum absolute atomic E-state index is 13.4. The highest BCUT2D eigenvalue weighted by molar-refractivity contribution is 5.72. The molecule has 556 valence electrons. The molecule has 0 aromatic carbocycles. The summed E-state index contributed by atoms with van der Waals surface area (Å²) in [5, 5.41) is 129. The van der Waals surface area contributed by atoms with Crippen molar-refractivity contribution in [3.05, 3.63) is 121 Å². The quantitative estimate of drug-likeness (QED) is 0.0495. The van der Waals surface area contributed by atoms with Crippen LogP contribution in [0.4, 0.5) is 4.79 Å². The fourth-order valence-electron chi connectivity index (χ4n) is 16.5. The number of alkyl carbamates (subject to hydrolysis) is 1. The molecule has 27 atom stereocenters. The molecule has 99 heavy (non-hydrogen) atoms. The second kappa shape index (κ2) is 37.5. The molecular weight excluding hydrogens is 1270 g/mol. The Hall–Kier alpha value is -4.95. The van der Waals surface area contributed by atoms with E-state index >= 15 is 0 Å². The monoisotopic (exact) mass is 1390 g/mol. The van der Waals surface area contributed by atoms with E-state index in [9.17, 15) is 70.6 Å². The number of hydrogen-bond acceptors (Lipinski definition) is 19. The Morgan fingerprint density at radius 1 is 0.657 bits per heavy atom. The van der Waals surface area contributed by atoms with E-state index in [1.807, 2.05) is 37.3 Å². The van der Waals surface area contributed by atoms with E-state index < -0.39 is 153 Å². The summed E-state index contributed by atoms with van der Waals surface area (Å²) in [7, 11) is 0. The maximum Gasteiger partial charge on any atom is 0.407 e. The maximum atomic E-state index is 13.4. The predicted molar refractivity (Wildman–Crippen MR) is 377 cm³/mol. The molecule has 3 heterocycles. The molecule has 21 nitrogen and oxygen atoms in total. The van der Waals surface area contributed by atoms with Gasteiger partial charge in [0.05, 0.1) is 79.6 Å². The van der Waals surface area contributed by atoms with E-state index in [1.165, 1.54) is 24.8 Å². The molecule has 0 radical (unpaired) electrons. The van der Waals surface area contributed by atoms with Crippen molar-refractivity contribution in [3.63, 3.8) is 0 Å². The van der Waals surface area contributed by atoms with Crippen molar-refractivity contribution in [1.29, 1.82) is 0 Å². The van der Waals surface area contributed by atoms with Gasteiger partial charge in [-0.2, -0.15) is 0 Å². The number of fused-ring (bicyclic) bond motifs is 7. The summed E-state index contributed by atoms with van der Waals surface area (Å²) >= 11 is 0. The average Bonchev–Trinajstić information content (AvgIpc) is 1.64. The van der Waals surface area contributed by atoms with Crippen LogP contribution in [0.15, 0.2) is 121 Å². The van der Waals surface area contributed by atoms with Crippen molar-refractivity contribution in [2.24, 2.45) is 64.1 Å². The molecule has 1 amide bonds. The van der Waals surface area contributed by atoms with Crippen molar-refractivity contribution < 1.29 is 94.2 Å². The first kappa shape index (κ1) is 81.3. The number of carbonyl (C=O) groups is 3. The second-order valence-corrected chi connectivity index (χ2v) is 30.6. The van der Waals surface area contributed by atoms with Gasteiger partial charge in [0.1, 0.15) is 24.2 Å². The zero-order valence-electron chi connectivity index (χ0n) is 60.0. The molecule has 7 aliphatic rings. The van der Waals surface area contributed by atoms with Crippen LogP contribution >= 0.6 is 0 Å². The van der Waals surface area contributed by atoms with Gasteiger partial charge in [0, 0.05) is 57.0 Å². The van der Waals surface area contributed by atoms with Gasteiger partial charge in [0.15, 0.2) is 12.1 Å². The molecule has 13 N–H and O–H groups in total. The van der Waals surface area contributed by atoms with Crippen LogP contribution in [-0.4, -0.2) is 191 Å². The summed E-state index contributed by atoms with van der Waals surface area (Å²) in [4.78, 5) is 39.1. The Morgan fingerprint density at radius 2 is 1.31 bits per heavy atom. The first-order valence-corrected chi connectivity index (χ1v) is 36.6. The van der Waals surface area contributed by atoms with Crippen molar-refractivity contribution in [2.45, 2.75) is 269 Å². The predicted octanol–water partition coefficient (Wildman–Crippen LogP) is 8.42. The Bertz CT molecular complexity index is 2920. The zero-order chi connectivity index (χ0) is 72.5. The van der Waals surface area contributed by atoms with Crippen LogP contribution in [0, 0.1) is 64.1 Å². The Balaban J connectivity index is 0.993. The number of ether oxygens (including phenoxy) is 5. The van der Waals surface area contributed by atoms with Crippen LogP contribution in [0.5, 0.6) is 0 Å². The lowest BCUT2D eigenvalue weighted by Gasteiger charge is -2.55. The molecular formula is C78H120N2O19. The summed E-state index contributed by atoms with van der Waals surface area (Å²) in [5.41, 5.74) is 3.23. The summed E-state index contributed by atoms with van der Waals surface area (Å²) in [6.45, 7) is 21.3. The number of aliphatic carboxylic acids is 1. The van der Waals surface area contributed by atoms with Crippen LogP contribution in [0.25, 0.3) is 0 Å². The third-order valence-electron chi connectivity index (χ3n) is 23.0. The molecule has 5 fully saturated rings. The molecule has 0 aromatic heterocycles. The Kier molecular flexibility index (Phi) is 30.8. The molecule has 2 bridgehead atoms. The van der Waals surface area contributed by atoms with Gasteiger partial charge in [-0.3, -0.25) is 9.59 Å². The molecule has 3 saturated carbocycles. The number of hydrogen-bond donors (Lipinski definition) is 13. The van der Waals surface area contributed by atoms with E-state index in [-0.39, 0.29) is 61.6 Å². The van der Waals surface area contributed by atoms with E-state index in [0.717, 1.165) is 19.3 Å². The van der Waals surface area contributed by atoms with Gasteiger partial charge in [-0.25, -0.2) is 4.79 Å². The Morgan fingerprint density at radius 3 is 1.97 bits per heavy atom. The topological polar surface area (TPSA) is 344 Å². The second-order valence-electron chi connectivity index (χ2n) is 30.6. The summed E-state index contributed by atoms with van der Waals surface area (Å²) in [5.74, 6) is -3.58. The van der Waals surface area contributed by atoms with Crippen molar-refractivity contribution in [3.8, 4) is 0 Å². The summed E-state index contributed by atoms with van der Waals surface area (Å²) in [6, 6.07) is -1.06. The zero-order valence-corrected chi connectivity index (χ0v) is 60.0. The van der Waals surface area contributed by atoms with Crippen LogP contribution < -0.4 is 10.6 Å². The number of aliphatic hydroxyl groups excluding tert-OH is 9. The van der Waals surface area contributed by atoms with Crippen LogP contribution in [0.3, 0.4) is 0 Å². The number of cyclic esters (lactones) is 1. The largest absolute Gasteiger partial charge is 0.481 e. The van der Waals surface area contributed by atoms with Crippen molar-refractivity contribution >= 4 is 18.0 Å². The third kappa shape index (κ3) is 22.3. The van der Waals surface area contributed by atoms with Gasteiger partial charge in [-0.15, -0.1) is 0 Å². The van der Waals surface area contributed by atoms with E-state index in [1.54, 1.807) is 81.0 Å². The third-order valence-corrected chi connectivity index (χ3v) is 23.0. The minimum atomic E-state index is -2.38. The average molecular weight is 1390 g/mol. The number of carboxylic acids is 1. The number of allylic oxidation sites excluding steroid dienone is 17. The van der Waals surface area contributed by atoms with Gasteiger partial charge in [-0.1, -0.05) is 176 Å². The molecule has 4 aliphatic carbocycles. The van der Waals surface area contributed by atoms with Gasteiger partial charge < -0.3 is 90.5 Å². The van der Waals surface area contributed by atoms with Crippen LogP contribution in [0.2, 0.25) is 0 Å². The number of esters is 1. The summed E-state index contributed by atoms with van der Waals surface area (Å²) in [6.07, 6.45) is 18.8. The fraction of sp³-hybridized carbons (Fsp3) is 0.705. The standard InChI is InChI=1S/C78H120N2O19/c1-46(2)47(3)25-26-48(4)60-30-31-61-59-29-27-53-39-58(33-35-76(53,9)62(59)34-36-77(60,61)10)98-75(93)80-38-37-79-69-71(89)52(8)96-74(72(69)90)97-57-24-22-20-18-16-14-12-11-13-15-17-19-21-23-49(5)70(88)50(6)51(7)95-67(87)42-55(82)40-54(81)28-32-63(84)64(85)41-56(83)44-78(94)45-65(86)68(73(91)92)66(43-57)99-78/h11-27,29,46-52,54-58,60-66,68-72,74,79,81-86,88-90,94H,28,30-45H2,1-10H3,(H,80,93)(H,91,92)/t47-,48+,49-,50-,51-,52+,54+,55+,56-,57-,58-,60+,61-,62-,63+,64+,65-,66-,68+,69-,70+,71+,72-,74-,76-,77+,78+/m0/s1. The Labute approximate surface area is 587 Å². The summed E-state index contributed by atoms with van der Waals surface area (Å²) < 4.78 is 30.1. The van der Waals surface area contributed by atoms with Gasteiger partial charge in [0.2, 0.25) is 0 Å². The molecule has 0 spiro atoms. The lowest BCUT2D eigenvalue weighted by Crippen LogP contribution is -2.63. The molecule has 0 unspecified atom stereocenters. The lowest BCUT2D eigenvalue weighted by atomic mass is 9.50. The van der Waals surface area contributed by atoms with Gasteiger partial charge >= 0.3 is 18.0 Å². The smallest absolute Gasteiger partial charge is 0.407 e. The van der Waals surface area contributed by atoms with E-state index in [4.69, 9.17) is 23.7 Å². The molecule has 0 aromatic rings. The van der Waals surface area contributed by atoms with E-state index in [0.29, 0.717) is 41.9 Å². The highest BCUT2D eigenvalue weighted by Crippen LogP contribution is 2.66. The number of nitrogens with one attached hydrogen (secondary N) is 2. The first-order chi connectivity index (χ1) is 46.8. The first-order valence-electron chi connectivity index (χ1n) is 36.6. The molecule has 3 aliphatic heterocycles. The van der Waals surface area contributed by atoms with Gasteiger partial charge in [-0.05, 0) is 118 Å². The van der Waals surface area contributed by atoms with Crippen LogP contribution in [0.1, 0.15) is 166 Å². The van der Waals surface area contributed by atoms with Gasteiger partial charge in [0.25, 0.3) is 0 Å². The highest BCUT2D eigenvalue weighted by atomic mass is 16.7. The lowest BCUT2D eigenvalue weighted by molar-refractivity contribution is -0.309. The van der Waals surface area contributed by atoms with E-state index in [2.05, 4.69) is 76.5 Å². The van der Waals surface area contributed by atoms with Crippen LogP contribution in [-0.2, 0) is 33.3 Å². The number of rotatable bonds is 12. The number of carbonyl (C=O) groups excluding carboxylic acids is 2. The fourth-order valence-corrected chi connectivity index (χ4v) is 16.5. The highest BCUT2D eigenvalue weighted by Gasteiger charge is 2.58. The molecule has 2 saturated heterocycles. The minimum Gasteiger partial charge on any atom is -0.481 e. The number of aliphatic hydroxyl groups is 10. The van der Waals surface area contributed by atoms with Crippen molar-refractivity contribution in [1.82, 2.24) is 10.6 Å². The number of amides is 1. The minimum absolute atomic E-state index is 0.00739.